The summed E-state index contributed by atoms with van der Waals surface area (Å²) in [5.74, 6) is -1.19. The van der Waals surface area contributed by atoms with Gasteiger partial charge in [-0.05, 0) is 61.4 Å². The van der Waals surface area contributed by atoms with E-state index in [0.717, 1.165) is 16.3 Å². The molecule has 0 saturated carbocycles. The Labute approximate surface area is 184 Å². The minimum Gasteiger partial charge on any atom is -0.480 e. The lowest BCUT2D eigenvalue weighted by atomic mass is 10.0. The zero-order valence-corrected chi connectivity index (χ0v) is 18.1. The number of alkyl carbamates (subject to hydrolysis) is 1. The van der Waals surface area contributed by atoms with Crippen molar-refractivity contribution in [3.05, 3.63) is 70.4 Å². The Morgan fingerprint density at radius 2 is 1.66 bits per heavy atom. The van der Waals surface area contributed by atoms with Crippen molar-refractivity contribution in [1.29, 1.82) is 0 Å². The summed E-state index contributed by atoms with van der Waals surface area (Å²) in [5.41, 5.74) is 1.15. The molecule has 0 spiro atoms. The van der Waals surface area contributed by atoms with E-state index in [1.54, 1.807) is 39.0 Å². The van der Waals surface area contributed by atoms with E-state index in [4.69, 9.17) is 4.74 Å². The molecule has 1 heterocycles. The molecular formula is C25H24N2O5. The highest BCUT2D eigenvalue weighted by molar-refractivity contribution is 6.01. The lowest BCUT2D eigenvalue weighted by molar-refractivity contribution is -0.139. The summed E-state index contributed by atoms with van der Waals surface area (Å²) in [6.07, 6.45) is -0.791. The van der Waals surface area contributed by atoms with E-state index in [1.807, 2.05) is 36.4 Å². The van der Waals surface area contributed by atoms with Crippen LogP contribution in [0.1, 0.15) is 26.3 Å². The normalized spacial score (nSPS) is 12.7. The van der Waals surface area contributed by atoms with Gasteiger partial charge in [0.2, 0.25) is 0 Å². The number of carbonyl (C=O) groups excluding carboxylic acids is 1. The minimum absolute atomic E-state index is 0.0136. The summed E-state index contributed by atoms with van der Waals surface area (Å²) in [6.45, 7) is 5.10. The standard InChI is InChI=1S/C25H24N2O5/c1-25(2,3)32-24(31)27-21(23(29)30)11-14-8-9-19-17(10-14)22(28)18-12-15-6-4-5-7-16(15)13-20(18)26-19/h4-10,12-13,21H,11H2,1-3H3,(H,26,28)(H,27,31)(H,29,30)/t21-/m1/s1. The maximum atomic E-state index is 13.2. The van der Waals surface area contributed by atoms with Crippen LogP contribution < -0.4 is 10.7 Å². The summed E-state index contributed by atoms with van der Waals surface area (Å²) >= 11 is 0. The average Bonchev–Trinajstić information content (AvgIpc) is 2.71. The van der Waals surface area contributed by atoms with Gasteiger partial charge in [-0.1, -0.05) is 30.3 Å². The average molecular weight is 432 g/mol. The van der Waals surface area contributed by atoms with Crippen LogP contribution in [0, 0.1) is 0 Å². The van der Waals surface area contributed by atoms with E-state index in [-0.39, 0.29) is 11.8 Å². The lowest BCUT2D eigenvalue weighted by Gasteiger charge is -2.22. The summed E-state index contributed by atoms with van der Waals surface area (Å²) in [6, 6.07) is 15.6. The van der Waals surface area contributed by atoms with Crippen LogP contribution >= 0.6 is 0 Å². The van der Waals surface area contributed by atoms with Crippen LogP contribution in [0.2, 0.25) is 0 Å². The van der Waals surface area contributed by atoms with Crippen LogP contribution in [0.5, 0.6) is 0 Å². The number of aromatic amines is 1. The van der Waals surface area contributed by atoms with Crippen molar-refractivity contribution < 1.29 is 19.4 Å². The molecule has 0 aliphatic rings. The smallest absolute Gasteiger partial charge is 0.408 e. The van der Waals surface area contributed by atoms with E-state index < -0.39 is 23.7 Å². The Bertz CT molecular complexity index is 1420. The molecule has 7 nitrogen and oxygen atoms in total. The number of rotatable bonds is 4. The number of nitrogens with one attached hydrogen (secondary N) is 2. The largest absolute Gasteiger partial charge is 0.480 e. The third kappa shape index (κ3) is 4.42. The molecule has 0 fully saturated rings. The van der Waals surface area contributed by atoms with Crippen LogP contribution in [0.15, 0.2) is 59.4 Å². The van der Waals surface area contributed by atoms with E-state index >= 15 is 0 Å². The third-order valence-corrected chi connectivity index (χ3v) is 5.16. The summed E-state index contributed by atoms with van der Waals surface area (Å²) in [5, 5.41) is 15.0. The lowest BCUT2D eigenvalue weighted by Crippen LogP contribution is -2.44. The van der Waals surface area contributed by atoms with E-state index in [0.29, 0.717) is 21.9 Å². The Kier molecular flexibility index (Phi) is 5.34. The van der Waals surface area contributed by atoms with Crippen LogP contribution in [0.4, 0.5) is 4.79 Å². The Hall–Kier alpha value is -3.87. The van der Waals surface area contributed by atoms with Crippen molar-refractivity contribution in [1.82, 2.24) is 10.3 Å². The highest BCUT2D eigenvalue weighted by Gasteiger charge is 2.24. The van der Waals surface area contributed by atoms with Crippen molar-refractivity contribution in [3.63, 3.8) is 0 Å². The number of carboxylic acid groups (broad SMARTS) is 1. The molecule has 0 bridgehead atoms. The highest BCUT2D eigenvalue weighted by atomic mass is 16.6. The number of aromatic nitrogens is 1. The predicted octanol–water partition coefficient (Wildman–Crippen LogP) is 4.35. The first-order valence-corrected chi connectivity index (χ1v) is 10.3. The number of carbonyl (C=O) groups is 2. The van der Waals surface area contributed by atoms with Gasteiger partial charge < -0.3 is 20.1 Å². The van der Waals surface area contributed by atoms with Crippen LogP contribution in [0.3, 0.4) is 0 Å². The maximum Gasteiger partial charge on any atom is 0.408 e. The zero-order valence-electron chi connectivity index (χ0n) is 18.1. The zero-order chi connectivity index (χ0) is 23.0. The van der Waals surface area contributed by atoms with Gasteiger partial charge in [0.15, 0.2) is 5.43 Å². The molecule has 1 atom stereocenters. The second kappa shape index (κ2) is 8.00. The topological polar surface area (TPSA) is 108 Å². The van der Waals surface area contributed by atoms with Gasteiger partial charge in [0.25, 0.3) is 0 Å². The van der Waals surface area contributed by atoms with Gasteiger partial charge in [0.05, 0.1) is 5.52 Å². The summed E-state index contributed by atoms with van der Waals surface area (Å²) < 4.78 is 5.16. The number of hydrogen-bond acceptors (Lipinski definition) is 4. The molecule has 0 aliphatic heterocycles. The highest BCUT2D eigenvalue weighted by Crippen LogP contribution is 2.22. The number of hydrogen-bond donors (Lipinski definition) is 3. The number of amides is 1. The molecule has 3 aromatic carbocycles. The Balaban J connectivity index is 1.70. The molecule has 0 saturated heterocycles. The molecule has 164 valence electrons. The van der Waals surface area contributed by atoms with Gasteiger partial charge in [-0.2, -0.15) is 0 Å². The van der Waals surface area contributed by atoms with Crippen molar-refractivity contribution in [2.75, 3.05) is 0 Å². The molecule has 1 aromatic heterocycles. The first kappa shape index (κ1) is 21.4. The maximum absolute atomic E-state index is 13.2. The van der Waals surface area contributed by atoms with Crippen molar-refractivity contribution in [3.8, 4) is 0 Å². The summed E-state index contributed by atoms with van der Waals surface area (Å²) in [4.78, 5) is 40.2. The second-order valence-corrected chi connectivity index (χ2v) is 8.82. The van der Waals surface area contributed by atoms with Crippen molar-refractivity contribution in [2.45, 2.75) is 38.8 Å². The number of carboxylic acids is 1. The van der Waals surface area contributed by atoms with Crippen LogP contribution in [-0.2, 0) is 16.0 Å². The first-order valence-electron chi connectivity index (χ1n) is 10.3. The third-order valence-electron chi connectivity index (χ3n) is 5.16. The van der Waals surface area contributed by atoms with Gasteiger partial charge >= 0.3 is 12.1 Å². The molecule has 7 heteroatoms. The second-order valence-electron chi connectivity index (χ2n) is 8.82. The molecule has 0 aliphatic carbocycles. The minimum atomic E-state index is -1.19. The van der Waals surface area contributed by atoms with Gasteiger partial charge in [0.1, 0.15) is 11.6 Å². The molecule has 32 heavy (non-hydrogen) atoms. The first-order chi connectivity index (χ1) is 15.1. The fraction of sp³-hybridized carbons (Fsp3) is 0.240. The molecule has 4 aromatic rings. The van der Waals surface area contributed by atoms with Gasteiger partial charge in [-0.25, -0.2) is 9.59 Å². The predicted molar refractivity (Wildman–Crippen MR) is 124 cm³/mol. The number of ether oxygens (including phenoxy) is 1. The van der Waals surface area contributed by atoms with Crippen molar-refractivity contribution in [2.24, 2.45) is 0 Å². The quantitative estimate of drug-likeness (QED) is 0.415. The van der Waals surface area contributed by atoms with Crippen molar-refractivity contribution >= 4 is 44.6 Å². The van der Waals surface area contributed by atoms with E-state index in [2.05, 4.69) is 10.3 Å². The molecule has 0 radical (unpaired) electrons. The fourth-order valence-corrected chi connectivity index (χ4v) is 3.72. The van der Waals surface area contributed by atoms with E-state index in [1.165, 1.54) is 0 Å². The van der Waals surface area contributed by atoms with Gasteiger partial charge in [0, 0.05) is 22.7 Å². The summed E-state index contributed by atoms with van der Waals surface area (Å²) in [7, 11) is 0. The number of benzene rings is 3. The molecule has 0 unspecified atom stereocenters. The molecule has 4 rings (SSSR count). The number of H-pyrrole nitrogens is 1. The number of fused-ring (bicyclic) bond motifs is 3. The molecular weight excluding hydrogens is 408 g/mol. The Morgan fingerprint density at radius 3 is 2.31 bits per heavy atom. The van der Waals surface area contributed by atoms with Crippen LogP contribution in [-0.4, -0.2) is 33.8 Å². The fourth-order valence-electron chi connectivity index (χ4n) is 3.72. The Morgan fingerprint density at radius 1 is 1.00 bits per heavy atom. The van der Waals surface area contributed by atoms with Gasteiger partial charge in [-0.15, -0.1) is 0 Å². The number of pyridine rings is 1. The van der Waals surface area contributed by atoms with Gasteiger partial charge in [-0.3, -0.25) is 4.79 Å². The molecule has 1 amide bonds. The number of aliphatic carboxylic acids is 1. The monoisotopic (exact) mass is 432 g/mol. The molecule has 3 N–H and O–H groups in total. The van der Waals surface area contributed by atoms with E-state index in [9.17, 15) is 19.5 Å². The SMILES string of the molecule is CC(C)(C)OC(=O)N[C@H](Cc1ccc2[nH]c3cc4ccccc4cc3c(=O)c2c1)C(=O)O. The van der Waals surface area contributed by atoms with Crippen LogP contribution in [0.25, 0.3) is 32.6 Å².